The number of likely N-dealkylation sites (tertiary alicyclic amines) is 1. The molecule has 0 unspecified atom stereocenters. The number of aromatic nitrogens is 4. The van der Waals surface area contributed by atoms with Crippen LogP contribution in [0, 0.1) is 23.7 Å². The van der Waals surface area contributed by atoms with Gasteiger partial charge in [-0.25, -0.2) is 9.97 Å². The van der Waals surface area contributed by atoms with Crippen LogP contribution in [0.15, 0.2) is 67.0 Å². The van der Waals surface area contributed by atoms with Gasteiger partial charge in [0, 0.05) is 94.3 Å². The number of nitrogens with zero attached hydrogens (tertiary/aromatic N) is 8. The summed E-state index contributed by atoms with van der Waals surface area (Å²) < 4.78 is 0. The van der Waals surface area contributed by atoms with E-state index in [9.17, 15) is 24.6 Å². The summed E-state index contributed by atoms with van der Waals surface area (Å²) in [5.74, 6) is 3.45. The first kappa shape index (κ1) is 45.8. The monoisotopic (exact) mass is 910 g/mol. The number of benzene rings is 2. The number of aliphatic hydroxyl groups is 1. The first-order chi connectivity index (χ1) is 32.3. The van der Waals surface area contributed by atoms with E-state index >= 15 is 0 Å². The largest absolute Gasteiger partial charge is 0.507 e. The number of β-amino-alcohol motifs (C(OH)–C–C–N with tert-alkyl or cyclic N) is 1. The van der Waals surface area contributed by atoms with Gasteiger partial charge < -0.3 is 40.9 Å². The van der Waals surface area contributed by atoms with Crippen molar-refractivity contribution in [3.05, 3.63) is 83.7 Å². The Kier molecular flexibility index (Phi) is 13.3. The molecule has 67 heavy (non-hydrogen) atoms. The van der Waals surface area contributed by atoms with Crippen molar-refractivity contribution in [3.8, 4) is 29.4 Å². The number of rotatable bonds is 10. The number of aliphatic hydroxyl groups excluding tert-OH is 1. The number of aromatic hydroxyl groups is 1. The summed E-state index contributed by atoms with van der Waals surface area (Å²) in [7, 11) is 0. The van der Waals surface area contributed by atoms with Crippen molar-refractivity contribution in [2.24, 2.45) is 11.3 Å². The number of para-hydroxylation sites is 1. The summed E-state index contributed by atoms with van der Waals surface area (Å²) in [5, 5.41) is 39.4. The Labute approximate surface area is 392 Å². The molecule has 3 saturated heterocycles. The number of hydrogen-bond acceptors (Lipinski definition) is 13. The van der Waals surface area contributed by atoms with Crippen molar-refractivity contribution in [2.45, 2.75) is 108 Å². The smallest absolute Gasteiger partial charge is 0.246 e. The van der Waals surface area contributed by atoms with Gasteiger partial charge in [0.05, 0.1) is 23.5 Å². The fraction of sp³-hybridized carbons (Fsp3) is 0.510. The van der Waals surface area contributed by atoms with E-state index in [0.29, 0.717) is 36.2 Å². The molecule has 5 N–H and O–H groups in total. The van der Waals surface area contributed by atoms with Crippen molar-refractivity contribution in [2.75, 3.05) is 60.9 Å². The standard InChI is InChI=1S/C51H63N11O5/c1-5-32-10-12-33(13-11-32)26-53-48(66)43-24-39(63)31-62(43)49(67)45(51(2,3)4)56-47(65)35-16-14-34(15-17-35)36-27-54-50(55-28-36)59-20-18-37(19-21-59)60-22-23-61-38(30-60)29-52-46-42(61)25-41(57-58-46)40-8-6-7-9-44(40)64/h1,6-13,25,27-28,34-35,37-39,43,45,63-64H,14-24,26,29-31H2,2-4H3,(H,52,58)(H,53,66)(H,56,65)/t34-,35+,38-,39+,43-,45+/m0/s1. The van der Waals surface area contributed by atoms with Gasteiger partial charge in [0.2, 0.25) is 23.7 Å². The molecule has 4 atom stereocenters. The Bertz CT molecular complexity index is 2460. The molecule has 16 heteroatoms. The van der Waals surface area contributed by atoms with E-state index in [1.165, 1.54) is 4.90 Å². The summed E-state index contributed by atoms with van der Waals surface area (Å²) >= 11 is 0. The van der Waals surface area contributed by atoms with E-state index in [2.05, 4.69) is 46.8 Å². The van der Waals surface area contributed by atoms with Gasteiger partial charge in [-0.1, -0.05) is 51.0 Å². The second kappa shape index (κ2) is 19.5. The van der Waals surface area contributed by atoms with Crippen molar-refractivity contribution in [1.29, 1.82) is 0 Å². The molecule has 0 radical (unpaired) electrons. The average Bonchev–Trinajstić information content (AvgIpc) is 3.76. The molecule has 9 rings (SSSR count). The highest BCUT2D eigenvalue weighted by Gasteiger charge is 2.45. The summed E-state index contributed by atoms with van der Waals surface area (Å²) in [5.41, 5.74) is 4.44. The molecule has 4 fully saturated rings. The normalized spacial score (nSPS) is 23.9. The highest BCUT2D eigenvalue weighted by atomic mass is 16.3. The first-order valence-electron chi connectivity index (χ1n) is 23.9. The molecule has 0 spiro atoms. The van der Waals surface area contributed by atoms with Gasteiger partial charge in [-0.15, -0.1) is 16.6 Å². The van der Waals surface area contributed by atoms with Crippen LogP contribution in [0.1, 0.15) is 88.3 Å². The third-order valence-electron chi connectivity index (χ3n) is 14.6. The predicted molar refractivity (Wildman–Crippen MR) is 256 cm³/mol. The van der Waals surface area contributed by atoms with E-state index in [0.717, 1.165) is 99.1 Å². The molecule has 2 aromatic carbocycles. The first-order valence-corrected chi connectivity index (χ1v) is 23.9. The number of piperazine rings is 1. The Morgan fingerprint density at radius 3 is 2.33 bits per heavy atom. The number of nitrogens with one attached hydrogen (secondary N) is 3. The number of carbonyl (C=O) groups excluding carboxylic acids is 3. The van der Waals surface area contributed by atoms with Crippen LogP contribution in [0.2, 0.25) is 0 Å². The molecular formula is C51H63N11O5. The van der Waals surface area contributed by atoms with Crippen LogP contribution >= 0.6 is 0 Å². The number of anilines is 3. The quantitative estimate of drug-likeness (QED) is 0.142. The van der Waals surface area contributed by atoms with Crippen molar-refractivity contribution in [1.82, 2.24) is 40.6 Å². The van der Waals surface area contributed by atoms with Crippen molar-refractivity contribution in [3.63, 3.8) is 0 Å². The highest BCUT2D eigenvalue weighted by Crippen LogP contribution is 2.38. The lowest BCUT2D eigenvalue weighted by Gasteiger charge is -2.49. The minimum absolute atomic E-state index is 0.0231. The van der Waals surface area contributed by atoms with E-state index in [1.54, 1.807) is 24.3 Å². The lowest BCUT2D eigenvalue weighted by atomic mass is 9.78. The second-order valence-electron chi connectivity index (χ2n) is 20.0. The van der Waals surface area contributed by atoms with E-state index in [4.69, 9.17) is 16.4 Å². The molecule has 352 valence electrons. The van der Waals surface area contributed by atoms with Crippen LogP contribution in [0.3, 0.4) is 0 Å². The summed E-state index contributed by atoms with van der Waals surface area (Å²) in [6.45, 7) is 11.4. The zero-order chi connectivity index (χ0) is 46.8. The second-order valence-corrected chi connectivity index (χ2v) is 20.0. The van der Waals surface area contributed by atoms with Crippen LogP contribution in [-0.4, -0.2) is 134 Å². The number of piperidine rings is 1. The summed E-state index contributed by atoms with van der Waals surface area (Å²) in [6, 6.07) is 15.7. The number of amides is 3. The van der Waals surface area contributed by atoms with Gasteiger partial charge in [0.25, 0.3) is 0 Å². The minimum Gasteiger partial charge on any atom is -0.507 e. The van der Waals surface area contributed by atoms with Crippen LogP contribution in [0.25, 0.3) is 11.3 Å². The van der Waals surface area contributed by atoms with Crippen molar-refractivity contribution < 1.29 is 24.6 Å². The third-order valence-corrected chi connectivity index (χ3v) is 14.6. The Morgan fingerprint density at radius 1 is 0.896 bits per heavy atom. The molecule has 1 saturated carbocycles. The molecule has 16 nitrogen and oxygen atoms in total. The van der Waals surface area contributed by atoms with E-state index in [-0.39, 0.29) is 54.8 Å². The Morgan fingerprint density at radius 2 is 1.63 bits per heavy atom. The van der Waals surface area contributed by atoms with Crippen LogP contribution in [-0.2, 0) is 20.9 Å². The molecule has 1 aliphatic carbocycles. The van der Waals surface area contributed by atoms with E-state index < -0.39 is 23.6 Å². The van der Waals surface area contributed by atoms with Gasteiger partial charge in [-0.2, -0.15) is 0 Å². The van der Waals surface area contributed by atoms with Crippen LogP contribution < -0.4 is 25.8 Å². The molecule has 5 aliphatic rings. The molecule has 4 aromatic rings. The van der Waals surface area contributed by atoms with E-state index in [1.807, 2.05) is 63.5 Å². The molecule has 0 bridgehead atoms. The zero-order valence-corrected chi connectivity index (χ0v) is 38.8. The maximum Gasteiger partial charge on any atom is 0.246 e. The average molecular weight is 910 g/mol. The molecule has 6 heterocycles. The maximum atomic E-state index is 14.2. The summed E-state index contributed by atoms with van der Waals surface area (Å²) in [4.78, 5) is 59.9. The summed E-state index contributed by atoms with van der Waals surface area (Å²) in [6.07, 6.45) is 13.7. The Hall–Kier alpha value is -6.31. The molecular weight excluding hydrogens is 847 g/mol. The predicted octanol–water partition coefficient (Wildman–Crippen LogP) is 4.29. The third kappa shape index (κ3) is 10.0. The van der Waals surface area contributed by atoms with Gasteiger partial charge >= 0.3 is 0 Å². The topological polar surface area (TPSA) is 192 Å². The number of phenols is 1. The Balaban J connectivity index is 0.737. The number of hydrogen-bond donors (Lipinski definition) is 5. The highest BCUT2D eigenvalue weighted by molar-refractivity contribution is 5.93. The van der Waals surface area contributed by atoms with Crippen LogP contribution in [0.5, 0.6) is 5.75 Å². The molecule has 2 aromatic heterocycles. The lowest BCUT2D eigenvalue weighted by molar-refractivity contribution is -0.144. The number of carbonyl (C=O) groups is 3. The van der Waals surface area contributed by atoms with Gasteiger partial charge in [-0.3, -0.25) is 19.3 Å². The SMILES string of the molecule is C#Cc1ccc(CNC(=O)[C@@H]2C[C@@H](O)CN2C(=O)[C@@H](NC(=O)[C@H]2CC[C@@H](c3cnc(N4CCC(N5CCN6c7cc(-c8ccccc8O)nnc7NC[C@H]6C5)CC4)nc3)CC2)C(C)(C)C)cc1. The van der Waals surface area contributed by atoms with Gasteiger partial charge in [0.1, 0.15) is 17.8 Å². The fourth-order valence-electron chi connectivity index (χ4n) is 10.7. The van der Waals surface area contributed by atoms with Gasteiger partial charge in [0.15, 0.2) is 5.82 Å². The maximum absolute atomic E-state index is 14.2. The number of phenolic OH excluding ortho intramolecular Hbond substituents is 1. The molecule has 4 aliphatic heterocycles. The number of fused-ring (bicyclic) bond motifs is 3. The minimum atomic E-state index is -0.874. The number of terminal acetylenes is 1. The lowest BCUT2D eigenvalue weighted by Crippen LogP contribution is -2.61. The molecule has 3 amide bonds. The fourth-order valence-corrected chi connectivity index (χ4v) is 10.7. The van der Waals surface area contributed by atoms with Gasteiger partial charge in [-0.05, 0) is 91.3 Å². The van der Waals surface area contributed by atoms with Crippen molar-refractivity contribution >= 4 is 35.2 Å². The zero-order valence-electron chi connectivity index (χ0n) is 38.8. The van der Waals surface area contributed by atoms with Crippen LogP contribution in [0.4, 0.5) is 17.5 Å².